The van der Waals surface area contributed by atoms with Crippen LogP contribution in [0.5, 0.6) is 5.75 Å². The molecule has 1 fully saturated rings. The first-order chi connectivity index (χ1) is 16.5. The number of halogens is 1. The van der Waals surface area contributed by atoms with Crippen molar-refractivity contribution in [2.45, 2.75) is 19.9 Å². The molecule has 0 radical (unpaired) electrons. The molecule has 194 valence electrons. The van der Waals surface area contributed by atoms with Crippen molar-refractivity contribution in [3.63, 3.8) is 0 Å². The van der Waals surface area contributed by atoms with E-state index in [9.17, 15) is 19.2 Å². The Morgan fingerprint density at radius 3 is 1.97 bits per heavy atom. The number of rotatable bonds is 10. The number of nitrogens with zero attached hydrogens (tertiary/aromatic N) is 1. The molecule has 2 rings (SSSR count). The van der Waals surface area contributed by atoms with Crippen molar-refractivity contribution in [3.8, 4) is 5.75 Å². The number of hydrogen-bond acceptors (Lipinski definition) is 7. The molecule has 0 bridgehead atoms. The summed E-state index contributed by atoms with van der Waals surface area (Å²) in [6.45, 7) is 7.04. The van der Waals surface area contributed by atoms with Crippen LogP contribution in [0.1, 0.15) is 18.9 Å². The van der Waals surface area contributed by atoms with Gasteiger partial charge in [-0.2, -0.15) is 0 Å². The number of hydrogen-bond donors (Lipinski definition) is 5. The summed E-state index contributed by atoms with van der Waals surface area (Å²) in [5, 5.41) is 35.3. The molecule has 5 N–H and O–H groups in total. The van der Waals surface area contributed by atoms with Crippen molar-refractivity contribution in [1.29, 1.82) is 0 Å². The average molecular weight is 515 g/mol. The Kier molecular flexibility index (Phi) is 16.2. The molecule has 35 heavy (non-hydrogen) atoms. The fourth-order valence-electron chi connectivity index (χ4n) is 3.01. The van der Waals surface area contributed by atoms with Gasteiger partial charge in [0.05, 0.1) is 6.61 Å². The molecule has 0 amide bonds. The Morgan fingerprint density at radius 2 is 1.54 bits per heavy atom. The van der Waals surface area contributed by atoms with E-state index in [-0.39, 0.29) is 0 Å². The van der Waals surface area contributed by atoms with Crippen LogP contribution in [0.2, 0.25) is 5.02 Å². The van der Waals surface area contributed by atoms with Crippen molar-refractivity contribution >= 4 is 35.5 Å². The third kappa shape index (κ3) is 16.8. The van der Waals surface area contributed by atoms with Crippen LogP contribution in [0.3, 0.4) is 0 Å². The first kappa shape index (κ1) is 31.6. The second-order valence-corrected chi connectivity index (χ2v) is 7.59. The third-order valence-electron chi connectivity index (χ3n) is 4.32. The van der Waals surface area contributed by atoms with Gasteiger partial charge in [0.2, 0.25) is 0 Å². The zero-order valence-electron chi connectivity index (χ0n) is 19.5. The van der Waals surface area contributed by atoms with E-state index in [0.717, 1.165) is 42.9 Å². The van der Waals surface area contributed by atoms with Crippen LogP contribution in [-0.4, -0.2) is 82.5 Å². The first-order valence-electron chi connectivity index (χ1n) is 10.5. The van der Waals surface area contributed by atoms with Gasteiger partial charge in [0, 0.05) is 48.0 Å². The largest absolute Gasteiger partial charge is 0.494 e. The minimum Gasteiger partial charge on any atom is -0.494 e. The predicted octanol–water partition coefficient (Wildman–Crippen LogP) is 2.20. The lowest BCUT2D eigenvalue weighted by molar-refractivity contribution is -0.134. The van der Waals surface area contributed by atoms with E-state index in [1.165, 1.54) is 12.0 Å². The average Bonchev–Trinajstić information content (AvgIpc) is 3.21. The fourth-order valence-corrected chi connectivity index (χ4v) is 3.20. The molecule has 1 aliphatic heterocycles. The lowest BCUT2D eigenvalue weighted by atomic mass is 10.1. The van der Waals surface area contributed by atoms with Gasteiger partial charge in [-0.25, -0.2) is 19.2 Å². The Balaban J connectivity index is 0.000000601. The number of carboxylic acids is 4. The van der Waals surface area contributed by atoms with Crippen LogP contribution in [0.15, 0.2) is 42.5 Å². The highest BCUT2D eigenvalue weighted by Crippen LogP contribution is 2.26. The van der Waals surface area contributed by atoms with E-state index < -0.39 is 23.9 Å². The second kappa shape index (κ2) is 18.0. The van der Waals surface area contributed by atoms with Gasteiger partial charge in [-0.15, -0.1) is 0 Å². The highest BCUT2D eigenvalue weighted by molar-refractivity contribution is 6.30. The topological polar surface area (TPSA) is 174 Å². The van der Waals surface area contributed by atoms with Crippen LogP contribution in [0.25, 0.3) is 0 Å². The number of carbonyl (C=O) groups is 4. The zero-order valence-corrected chi connectivity index (χ0v) is 20.3. The van der Waals surface area contributed by atoms with Gasteiger partial charge in [-0.1, -0.05) is 11.6 Å². The molecule has 1 heterocycles. The van der Waals surface area contributed by atoms with Gasteiger partial charge < -0.3 is 30.5 Å². The normalized spacial score (nSPS) is 15.1. The summed E-state index contributed by atoms with van der Waals surface area (Å²) in [6.07, 6.45) is 3.50. The summed E-state index contributed by atoms with van der Waals surface area (Å²) >= 11 is 6.10. The highest BCUT2D eigenvalue weighted by Gasteiger charge is 2.22. The lowest BCUT2D eigenvalue weighted by Gasteiger charge is -2.18. The predicted molar refractivity (Wildman–Crippen MR) is 129 cm³/mol. The number of nitrogens with one attached hydrogen (secondary N) is 1. The van der Waals surface area contributed by atoms with Crippen LogP contribution in [0, 0.1) is 5.92 Å². The quantitative estimate of drug-likeness (QED) is 0.289. The molecule has 1 aliphatic rings. The van der Waals surface area contributed by atoms with Gasteiger partial charge in [0.25, 0.3) is 0 Å². The third-order valence-corrected chi connectivity index (χ3v) is 4.55. The standard InChI is InChI=1S/C15H23ClN2O.2C4H4O4/c1-3-19-15-5-4-14(16)8-13(15)11-18-7-6-12(10-18)9-17-2;2*5-3(6)1-2-4(7)8/h4-5,8,12,17H,3,6-7,9-11H2,1-2H3;2*1-2H,(H,5,6)(H,7,8)/b;2*2-1+/t12-;;/m0../s1. The summed E-state index contributed by atoms with van der Waals surface area (Å²) in [7, 11) is 2.02. The van der Waals surface area contributed by atoms with E-state index in [4.69, 9.17) is 36.8 Å². The van der Waals surface area contributed by atoms with Gasteiger partial charge in [-0.05, 0) is 57.6 Å². The van der Waals surface area contributed by atoms with Crippen molar-refractivity contribution in [1.82, 2.24) is 10.2 Å². The molecule has 1 aromatic carbocycles. The molecule has 11 nitrogen and oxygen atoms in total. The minimum atomic E-state index is -1.26. The highest BCUT2D eigenvalue weighted by atomic mass is 35.5. The molecule has 0 aromatic heterocycles. The van der Waals surface area contributed by atoms with Crippen LogP contribution >= 0.6 is 11.6 Å². The van der Waals surface area contributed by atoms with Crippen molar-refractivity contribution in [3.05, 3.63) is 53.1 Å². The molecule has 1 aromatic rings. The van der Waals surface area contributed by atoms with Gasteiger partial charge in [0.15, 0.2) is 0 Å². The van der Waals surface area contributed by atoms with Crippen LogP contribution in [-0.2, 0) is 25.7 Å². The number of ether oxygens (including phenoxy) is 1. The van der Waals surface area contributed by atoms with Crippen molar-refractivity contribution < 1.29 is 44.3 Å². The monoisotopic (exact) mass is 514 g/mol. The molecule has 0 saturated carbocycles. The summed E-state index contributed by atoms with van der Waals surface area (Å²) in [5.74, 6) is -3.30. The number of benzene rings is 1. The van der Waals surface area contributed by atoms with E-state index in [1.54, 1.807) is 0 Å². The summed E-state index contributed by atoms with van der Waals surface area (Å²) in [5.41, 5.74) is 1.19. The Labute approximate surface area is 208 Å². The molecular weight excluding hydrogens is 484 g/mol. The summed E-state index contributed by atoms with van der Waals surface area (Å²) in [4.78, 5) is 40.7. The van der Waals surface area contributed by atoms with Gasteiger partial charge in [0.1, 0.15) is 5.75 Å². The first-order valence-corrected chi connectivity index (χ1v) is 10.9. The van der Waals surface area contributed by atoms with E-state index in [1.807, 2.05) is 32.2 Å². The smallest absolute Gasteiger partial charge is 0.328 e. The maximum absolute atomic E-state index is 9.55. The van der Waals surface area contributed by atoms with Crippen molar-refractivity contribution in [2.75, 3.05) is 33.3 Å². The maximum Gasteiger partial charge on any atom is 0.328 e. The molecule has 0 spiro atoms. The summed E-state index contributed by atoms with van der Waals surface area (Å²) in [6, 6.07) is 5.89. The molecule has 1 saturated heterocycles. The zero-order chi connectivity index (χ0) is 26.8. The van der Waals surface area contributed by atoms with Crippen LogP contribution in [0.4, 0.5) is 0 Å². The lowest BCUT2D eigenvalue weighted by Crippen LogP contribution is -2.24. The van der Waals surface area contributed by atoms with Crippen molar-refractivity contribution in [2.24, 2.45) is 5.92 Å². The van der Waals surface area contributed by atoms with E-state index in [2.05, 4.69) is 10.2 Å². The number of likely N-dealkylation sites (tertiary alicyclic amines) is 1. The van der Waals surface area contributed by atoms with Crippen LogP contribution < -0.4 is 10.1 Å². The summed E-state index contributed by atoms with van der Waals surface area (Å²) < 4.78 is 5.68. The molecule has 12 heteroatoms. The molecule has 1 atom stereocenters. The van der Waals surface area contributed by atoms with Gasteiger partial charge >= 0.3 is 23.9 Å². The molecular formula is C23H31ClN2O9. The molecule has 0 unspecified atom stereocenters. The second-order valence-electron chi connectivity index (χ2n) is 7.15. The Morgan fingerprint density at radius 1 is 1.03 bits per heavy atom. The fraction of sp³-hybridized carbons (Fsp3) is 0.391. The van der Waals surface area contributed by atoms with E-state index in [0.29, 0.717) is 30.9 Å². The minimum absolute atomic E-state index is 0.558. The Bertz CT molecular complexity index is 837. The Hall–Kier alpha value is -3.41. The van der Waals surface area contributed by atoms with Gasteiger partial charge in [-0.3, -0.25) is 4.90 Å². The number of carboxylic acid groups (broad SMARTS) is 4. The SMILES string of the molecule is CCOc1ccc(Cl)cc1CN1CC[C@@H](CNC)C1.O=C(O)/C=C/C(=O)O.O=C(O)/C=C/C(=O)O. The van der Waals surface area contributed by atoms with E-state index >= 15 is 0 Å². The maximum atomic E-state index is 9.55. The molecule has 0 aliphatic carbocycles. The number of aliphatic carboxylic acids is 4.